The number of fused-ring (bicyclic) bond motifs is 3. The third-order valence-electron chi connectivity index (χ3n) is 7.10. The molecule has 0 radical (unpaired) electrons. The second-order valence-electron chi connectivity index (χ2n) is 10.3. The lowest BCUT2D eigenvalue weighted by atomic mass is 10.1. The molecular weight excluding hydrogens is 484 g/mol. The van der Waals surface area contributed by atoms with Gasteiger partial charge in [0.05, 0.1) is 10.9 Å². The van der Waals surface area contributed by atoms with Gasteiger partial charge in [-0.15, -0.1) is 5.10 Å². The van der Waals surface area contributed by atoms with Crippen LogP contribution in [0.3, 0.4) is 0 Å². The lowest BCUT2D eigenvalue weighted by Gasteiger charge is -2.14. The van der Waals surface area contributed by atoms with Crippen molar-refractivity contribution in [3.05, 3.63) is 80.0 Å². The maximum Gasteiger partial charge on any atom is 0.352 e. The molecule has 0 unspecified atom stereocenters. The van der Waals surface area contributed by atoms with Crippen molar-refractivity contribution in [1.29, 1.82) is 0 Å². The van der Waals surface area contributed by atoms with Crippen molar-refractivity contribution >= 4 is 28.5 Å². The van der Waals surface area contributed by atoms with E-state index < -0.39 is 5.69 Å². The molecule has 2 N–H and O–H groups in total. The number of rotatable bonds is 7. The number of hydrogen-bond donors (Lipinski definition) is 2. The molecule has 1 fully saturated rings. The maximum absolute atomic E-state index is 13.5. The molecule has 2 heterocycles. The topological polar surface area (TPSA) is 120 Å². The van der Waals surface area contributed by atoms with E-state index in [0.717, 1.165) is 41.5 Å². The predicted molar refractivity (Wildman–Crippen MR) is 144 cm³/mol. The van der Waals surface area contributed by atoms with Crippen LogP contribution in [0.25, 0.3) is 16.7 Å². The molecule has 2 amide bonds. The van der Waals surface area contributed by atoms with Gasteiger partial charge in [0.15, 0.2) is 0 Å². The summed E-state index contributed by atoms with van der Waals surface area (Å²) in [5, 5.41) is 10.5. The van der Waals surface area contributed by atoms with E-state index in [2.05, 4.69) is 15.7 Å². The number of nitrogens with one attached hydrogen (secondary N) is 2. The molecule has 4 aromatic rings. The Balaban J connectivity index is 1.51. The number of aromatic nitrogens is 4. The van der Waals surface area contributed by atoms with Crippen LogP contribution in [-0.4, -0.2) is 36.6 Å². The first-order valence-corrected chi connectivity index (χ1v) is 13.0. The molecular formula is C28H32N6O4. The Bertz CT molecular complexity index is 1640. The van der Waals surface area contributed by atoms with Crippen molar-refractivity contribution in [3.8, 4) is 0 Å². The van der Waals surface area contributed by atoms with Crippen LogP contribution in [0.5, 0.6) is 0 Å². The Hall–Kier alpha value is -4.21. The maximum atomic E-state index is 13.5. The van der Waals surface area contributed by atoms with Crippen molar-refractivity contribution in [2.45, 2.75) is 71.6 Å². The minimum absolute atomic E-state index is 0.127. The summed E-state index contributed by atoms with van der Waals surface area (Å²) in [6.07, 6.45) is 4.07. The number of aryl methyl sites for hydroxylation is 1. The number of nitrogens with zero attached hydrogens (tertiary/aromatic N) is 4. The number of benzene rings is 2. The van der Waals surface area contributed by atoms with Crippen LogP contribution in [0.1, 0.15) is 67.1 Å². The SMILES string of the molecule is Cc1ccc(CNC(=O)Cn2nc3n(C(C)C)c(=O)c4ccc(C(=O)NC5CCCC5)cc4n3c2=O)cc1. The lowest BCUT2D eigenvalue weighted by Crippen LogP contribution is -2.33. The van der Waals surface area contributed by atoms with E-state index in [4.69, 9.17) is 0 Å². The third kappa shape index (κ3) is 4.85. The highest BCUT2D eigenvalue weighted by Gasteiger charge is 2.22. The van der Waals surface area contributed by atoms with Crippen LogP contribution < -0.4 is 21.9 Å². The Morgan fingerprint density at radius 2 is 1.76 bits per heavy atom. The summed E-state index contributed by atoms with van der Waals surface area (Å²) < 4.78 is 3.81. The van der Waals surface area contributed by atoms with Gasteiger partial charge in [0.1, 0.15) is 6.54 Å². The van der Waals surface area contributed by atoms with Crippen LogP contribution in [0.15, 0.2) is 52.1 Å². The van der Waals surface area contributed by atoms with Gasteiger partial charge in [-0.2, -0.15) is 0 Å². The Labute approximate surface area is 219 Å². The average molecular weight is 517 g/mol. The highest BCUT2D eigenvalue weighted by molar-refractivity contribution is 5.98. The highest BCUT2D eigenvalue weighted by atomic mass is 16.2. The first-order valence-electron chi connectivity index (χ1n) is 13.0. The molecule has 0 saturated heterocycles. The van der Waals surface area contributed by atoms with Crippen molar-refractivity contribution in [2.75, 3.05) is 0 Å². The van der Waals surface area contributed by atoms with Crippen LogP contribution in [0.4, 0.5) is 0 Å². The monoisotopic (exact) mass is 516 g/mol. The van der Waals surface area contributed by atoms with Gasteiger partial charge >= 0.3 is 5.69 Å². The standard InChI is InChI=1S/C28H32N6O4/c1-17(2)33-26(37)22-13-12-20(25(36)30-21-6-4-5-7-21)14-23(22)34-27(33)31-32(28(34)38)16-24(35)29-15-19-10-8-18(3)9-11-19/h8-14,17,21H,4-7,15-16H2,1-3H3,(H,29,35)(H,30,36). The summed E-state index contributed by atoms with van der Waals surface area (Å²) in [5.41, 5.74) is 1.85. The molecule has 38 heavy (non-hydrogen) atoms. The van der Waals surface area contributed by atoms with Gasteiger partial charge in [-0.1, -0.05) is 42.7 Å². The first kappa shape index (κ1) is 25.4. The minimum Gasteiger partial charge on any atom is -0.350 e. The Morgan fingerprint density at radius 3 is 2.45 bits per heavy atom. The summed E-state index contributed by atoms with van der Waals surface area (Å²) in [6.45, 7) is 5.66. The summed E-state index contributed by atoms with van der Waals surface area (Å²) in [4.78, 5) is 52.5. The number of carbonyl (C=O) groups is 2. The molecule has 0 aliphatic heterocycles. The smallest absolute Gasteiger partial charge is 0.350 e. The van der Waals surface area contributed by atoms with Gasteiger partial charge in [-0.05, 0) is 57.4 Å². The van der Waals surface area contributed by atoms with Gasteiger partial charge in [-0.3, -0.25) is 19.0 Å². The van der Waals surface area contributed by atoms with Crippen molar-refractivity contribution < 1.29 is 9.59 Å². The van der Waals surface area contributed by atoms with E-state index in [1.807, 2.05) is 45.0 Å². The quantitative estimate of drug-likeness (QED) is 0.391. The molecule has 10 heteroatoms. The predicted octanol–water partition coefficient (Wildman–Crippen LogP) is 2.69. The Morgan fingerprint density at radius 1 is 1.05 bits per heavy atom. The molecule has 1 aliphatic rings. The molecule has 0 spiro atoms. The normalized spacial score (nSPS) is 14.0. The third-order valence-corrected chi connectivity index (χ3v) is 7.10. The van der Waals surface area contributed by atoms with Crippen LogP contribution in [0.2, 0.25) is 0 Å². The highest BCUT2D eigenvalue weighted by Crippen LogP contribution is 2.20. The zero-order valence-electron chi connectivity index (χ0n) is 21.9. The summed E-state index contributed by atoms with van der Waals surface area (Å²) in [7, 11) is 0. The molecule has 5 rings (SSSR count). The average Bonchev–Trinajstić information content (AvgIpc) is 3.51. The summed E-state index contributed by atoms with van der Waals surface area (Å²) >= 11 is 0. The van der Waals surface area contributed by atoms with E-state index in [-0.39, 0.29) is 47.3 Å². The minimum atomic E-state index is -0.557. The number of amides is 2. The van der Waals surface area contributed by atoms with Crippen molar-refractivity contribution in [2.24, 2.45) is 0 Å². The summed E-state index contributed by atoms with van der Waals surface area (Å²) in [6, 6.07) is 12.4. The largest absolute Gasteiger partial charge is 0.352 e. The molecule has 2 aromatic heterocycles. The zero-order valence-corrected chi connectivity index (χ0v) is 21.9. The zero-order chi connectivity index (χ0) is 27.0. The van der Waals surface area contributed by atoms with Crippen molar-refractivity contribution in [1.82, 2.24) is 29.4 Å². The number of carbonyl (C=O) groups excluding carboxylic acids is 2. The van der Waals surface area contributed by atoms with Crippen molar-refractivity contribution in [3.63, 3.8) is 0 Å². The second-order valence-corrected chi connectivity index (χ2v) is 10.3. The van der Waals surface area contributed by atoms with E-state index in [0.29, 0.717) is 17.5 Å². The molecule has 2 aromatic carbocycles. The first-order chi connectivity index (χ1) is 18.2. The van der Waals surface area contributed by atoms with E-state index in [1.165, 1.54) is 8.97 Å². The van der Waals surface area contributed by atoms with Gasteiger partial charge in [0.2, 0.25) is 11.7 Å². The molecule has 198 valence electrons. The fourth-order valence-electron chi connectivity index (χ4n) is 5.03. The molecule has 0 atom stereocenters. The van der Waals surface area contributed by atoms with Gasteiger partial charge in [-0.25, -0.2) is 13.9 Å². The van der Waals surface area contributed by atoms with Gasteiger partial charge < -0.3 is 10.6 Å². The second kappa shape index (κ2) is 10.3. The van der Waals surface area contributed by atoms with Crippen LogP contribution >= 0.6 is 0 Å². The molecule has 10 nitrogen and oxygen atoms in total. The fourth-order valence-corrected chi connectivity index (χ4v) is 5.03. The number of hydrogen-bond acceptors (Lipinski definition) is 5. The van der Waals surface area contributed by atoms with Gasteiger partial charge in [0, 0.05) is 24.2 Å². The molecule has 0 bridgehead atoms. The van der Waals surface area contributed by atoms with E-state index >= 15 is 0 Å². The molecule has 1 saturated carbocycles. The van der Waals surface area contributed by atoms with Gasteiger partial charge in [0.25, 0.3) is 11.5 Å². The Kier molecular flexibility index (Phi) is 6.88. The summed E-state index contributed by atoms with van der Waals surface area (Å²) in [5.74, 6) is -0.492. The van der Waals surface area contributed by atoms with Crippen LogP contribution in [-0.2, 0) is 17.9 Å². The van der Waals surface area contributed by atoms with Crippen LogP contribution in [0, 0.1) is 6.92 Å². The van der Waals surface area contributed by atoms with E-state index in [1.54, 1.807) is 18.2 Å². The lowest BCUT2D eigenvalue weighted by molar-refractivity contribution is -0.122. The fraction of sp³-hybridized carbons (Fsp3) is 0.393. The molecule has 1 aliphatic carbocycles. The van der Waals surface area contributed by atoms with E-state index in [9.17, 15) is 19.2 Å².